The zero-order valence-corrected chi connectivity index (χ0v) is 15.2. The van der Waals surface area contributed by atoms with Crippen molar-refractivity contribution in [2.24, 2.45) is 5.10 Å². The Hall–Kier alpha value is -3.00. The van der Waals surface area contributed by atoms with Crippen molar-refractivity contribution in [1.29, 1.82) is 0 Å². The van der Waals surface area contributed by atoms with Gasteiger partial charge in [0.2, 0.25) is 0 Å². The minimum atomic E-state index is -0.449. The lowest BCUT2D eigenvalue weighted by Gasteiger charge is -2.08. The second-order valence-electron chi connectivity index (χ2n) is 5.40. The molecular weight excluding hydrogens is 352 g/mol. The van der Waals surface area contributed by atoms with E-state index in [0.717, 1.165) is 17.7 Å². The summed E-state index contributed by atoms with van der Waals surface area (Å²) in [4.78, 5) is 10.3. The van der Waals surface area contributed by atoms with Crippen LogP contribution in [0.3, 0.4) is 0 Å². The highest BCUT2D eigenvalue weighted by Gasteiger charge is 2.04. The molecule has 2 rings (SSSR count). The van der Waals surface area contributed by atoms with Crippen LogP contribution in [0.5, 0.6) is 5.75 Å². The Morgan fingerprint density at radius 3 is 2.77 bits per heavy atom. The lowest BCUT2D eigenvalue weighted by atomic mass is 10.2. The number of hydrogen-bond acceptors (Lipinski definition) is 5. The Kier molecular flexibility index (Phi) is 7.50. The van der Waals surface area contributed by atoms with Gasteiger partial charge in [-0.05, 0) is 36.3 Å². The van der Waals surface area contributed by atoms with Gasteiger partial charge in [0.1, 0.15) is 5.75 Å². The summed E-state index contributed by atoms with van der Waals surface area (Å²) >= 11 is 5.15. The molecule has 0 aromatic heterocycles. The van der Waals surface area contributed by atoms with Crippen molar-refractivity contribution in [1.82, 2.24) is 10.7 Å². The highest BCUT2D eigenvalue weighted by atomic mass is 32.1. The van der Waals surface area contributed by atoms with Crippen molar-refractivity contribution < 1.29 is 9.66 Å². The van der Waals surface area contributed by atoms with Gasteiger partial charge in [0.25, 0.3) is 5.69 Å². The van der Waals surface area contributed by atoms with E-state index in [9.17, 15) is 10.1 Å². The smallest absolute Gasteiger partial charge is 0.270 e. The summed E-state index contributed by atoms with van der Waals surface area (Å²) in [5.74, 6) is 0.845. The van der Waals surface area contributed by atoms with Gasteiger partial charge in [-0.25, -0.2) is 0 Å². The summed E-state index contributed by atoms with van der Waals surface area (Å²) in [6.07, 6.45) is 2.45. The molecule has 0 saturated carbocycles. The van der Waals surface area contributed by atoms with Crippen LogP contribution >= 0.6 is 12.2 Å². The van der Waals surface area contributed by atoms with Crippen LogP contribution in [0.1, 0.15) is 24.5 Å². The summed E-state index contributed by atoms with van der Waals surface area (Å²) < 4.78 is 5.53. The van der Waals surface area contributed by atoms with Crippen LogP contribution < -0.4 is 15.5 Å². The molecule has 0 aliphatic heterocycles. The van der Waals surface area contributed by atoms with Gasteiger partial charge in [-0.2, -0.15) is 5.10 Å². The summed E-state index contributed by atoms with van der Waals surface area (Å²) in [6, 6.07) is 14.0. The van der Waals surface area contributed by atoms with E-state index in [1.807, 2.05) is 24.3 Å². The number of thiocarbonyl (C=S) groups is 1. The molecule has 136 valence electrons. The number of benzene rings is 2. The third kappa shape index (κ3) is 6.48. The maximum absolute atomic E-state index is 10.7. The van der Waals surface area contributed by atoms with Gasteiger partial charge < -0.3 is 10.1 Å². The van der Waals surface area contributed by atoms with Gasteiger partial charge >= 0.3 is 0 Å². The Morgan fingerprint density at radius 1 is 1.31 bits per heavy atom. The first kappa shape index (κ1) is 19.3. The second kappa shape index (κ2) is 10.1. The fourth-order valence-corrected chi connectivity index (χ4v) is 2.15. The van der Waals surface area contributed by atoms with Crippen LogP contribution in [0, 0.1) is 10.1 Å². The normalized spacial score (nSPS) is 10.5. The average Bonchev–Trinajstić information content (AvgIpc) is 2.65. The minimum absolute atomic E-state index is 0.0148. The molecule has 8 heteroatoms. The van der Waals surface area contributed by atoms with Crippen molar-refractivity contribution in [3.05, 3.63) is 69.8 Å². The van der Waals surface area contributed by atoms with E-state index in [1.54, 1.807) is 12.1 Å². The number of nitrogens with zero attached hydrogens (tertiary/aromatic N) is 2. The molecule has 2 N–H and O–H groups in total. The van der Waals surface area contributed by atoms with Crippen molar-refractivity contribution in [3.63, 3.8) is 0 Å². The number of nitro benzene ring substituents is 1. The van der Waals surface area contributed by atoms with E-state index in [2.05, 4.69) is 22.8 Å². The quantitative estimate of drug-likeness (QED) is 0.320. The fraction of sp³-hybridized carbons (Fsp3) is 0.222. The van der Waals surface area contributed by atoms with E-state index >= 15 is 0 Å². The van der Waals surface area contributed by atoms with Crippen molar-refractivity contribution in [2.75, 3.05) is 6.61 Å². The first-order valence-corrected chi connectivity index (χ1v) is 8.52. The third-order valence-electron chi connectivity index (χ3n) is 3.31. The van der Waals surface area contributed by atoms with Gasteiger partial charge in [-0.3, -0.25) is 15.5 Å². The van der Waals surface area contributed by atoms with Gasteiger partial charge in [-0.15, -0.1) is 0 Å². The summed E-state index contributed by atoms with van der Waals surface area (Å²) in [6.45, 7) is 3.31. The van der Waals surface area contributed by atoms with Crippen molar-refractivity contribution in [3.8, 4) is 5.75 Å². The highest BCUT2D eigenvalue weighted by Crippen LogP contribution is 2.12. The Morgan fingerprint density at radius 2 is 2.08 bits per heavy atom. The molecule has 0 radical (unpaired) electrons. The first-order chi connectivity index (χ1) is 12.6. The van der Waals surface area contributed by atoms with Crippen LogP contribution in [-0.4, -0.2) is 22.9 Å². The molecule has 0 amide bonds. The van der Waals surface area contributed by atoms with Crippen LogP contribution in [0.4, 0.5) is 5.69 Å². The summed E-state index contributed by atoms with van der Waals surface area (Å²) in [5, 5.41) is 18.1. The maximum Gasteiger partial charge on any atom is 0.270 e. The van der Waals surface area contributed by atoms with Crippen LogP contribution in [0.25, 0.3) is 0 Å². The maximum atomic E-state index is 10.7. The van der Waals surface area contributed by atoms with Gasteiger partial charge in [0.05, 0.1) is 17.7 Å². The van der Waals surface area contributed by atoms with E-state index in [-0.39, 0.29) is 5.69 Å². The number of ether oxygens (including phenoxy) is 1. The van der Waals surface area contributed by atoms with Crippen LogP contribution in [0.2, 0.25) is 0 Å². The summed E-state index contributed by atoms with van der Waals surface area (Å²) in [7, 11) is 0. The fourth-order valence-electron chi connectivity index (χ4n) is 2.03. The molecular formula is C18H20N4O3S. The van der Waals surface area contributed by atoms with E-state index in [1.165, 1.54) is 18.3 Å². The average molecular weight is 372 g/mol. The predicted molar refractivity (Wildman–Crippen MR) is 105 cm³/mol. The van der Waals surface area contributed by atoms with Crippen molar-refractivity contribution >= 4 is 29.2 Å². The topological polar surface area (TPSA) is 88.8 Å². The molecule has 0 spiro atoms. The Balaban J connectivity index is 1.78. The first-order valence-electron chi connectivity index (χ1n) is 8.11. The SMILES string of the molecule is CCCOc1ccc(CNC(=S)N/N=C/c2cccc([N+](=O)[O-])c2)cc1. The van der Waals surface area contributed by atoms with Crippen molar-refractivity contribution in [2.45, 2.75) is 19.9 Å². The van der Waals surface area contributed by atoms with E-state index in [4.69, 9.17) is 17.0 Å². The summed E-state index contributed by atoms with van der Waals surface area (Å²) in [5.41, 5.74) is 4.36. The van der Waals surface area contributed by atoms with Crippen LogP contribution in [-0.2, 0) is 6.54 Å². The largest absolute Gasteiger partial charge is 0.494 e. The molecule has 2 aromatic rings. The Bertz CT molecular complexity index is 778. The highest BCUT2D eigenvalue weighted by molar-refractivity contribution is 7.80. The molecule has 0 aliphatic rings. The predicted octanol–water partition coefficient (Wildman–Crippen LogP) is 3.38. The molecule has 0 atom stereocenters. The van der Waals surface area contributed by atoms with Gasteiger partial charge in [0.15, 0.2) is 5.11 Å². The lowest BCUT2D eigenvalue weighted by molar-refractivity contribution is -0.384. The monoisotopic (exact) mass is 372 g/mol. The van der Waals surface area contributed by atoms with E-state index < -0.39 is 4.92 Å². The minimum Gasteiger partial charge on any atom is -0.494 e. The molecule has 0 aliphatic carbocycles. The number of nitro groups is 1. The molecule has 26 heavy (non-hydrogen) atoms. The molecule has 0 heterocycles. The molecule has 0 saturated heterocycles. The van der Waals surface area contributed by atoms with Gasteiger partial charge in [0, 0.05) is 24.2 Å². The molecule has 0 unspecified atom stereocenters. The molecule has 2 aromatic carbocycles. The molecule has 0 fully saturated rings. The zero-order chi connectivity index (χ0) is 18.8. The number of nitrogens with one attached hydrogen (secondary N) is 2. The molecule has 0 bridgehead atoms. The number of non-ortho nitro benzene ring substituents is 1. The third-order valence-corrected chi connectivity index (χ3v) is 3.55. The van der Waals surface area contributed by atoms with E-state index in [0.29, 0.717) is 23.8 Å². The standard InChI is InChI=1S/C18H20N4O3S/c1-2-10-25-17-8-6-14(7-9-17)12-19-18(26)21-20-13-15-4-3-5-16(11-15)22(23)24/h3-9,11,13H,2,10,12H2,1H3,(H2,19,21,26)/b20-13+. The number of hydrogen-bond donors (Lipinski definition) is 2. The lowest BCUT2D eigenvalue weighted by Crippen LogP contribution is -2.31. The van der Waals surface area contributed by atoms with Crippen LogP contribution in [0.15, 0.2) is 53.6 Å². The zero-order valence-electron chi connectivity index (χ0n) is 14.3. The number of hydrazone groups is 1. The Labute approximate surface area is 157 Å². The second-order valence-corrected chi connectivity index (χ2v) is 5.81. The molecule has 7 nitrogen and oxygen atoms in total. The van der Waals surface area contributed by atoms with Gasteiger partial charge in [-0.1, -0.05) is 31.2 Å². The number of rotatable bonds is 8.